The topological polar surface area (TPSA) is 175 Å². The van der Waals surface area contributed by atoms with Gasteiger partial charge >= 0.3 is 12.2 Å². The number of amides is 4. The van der Waals surface area contributed by atoms with E-state index in [4.69, 9.17) is 14.5 Å². The van der Waals surface area contributed by atoms with Gasteiger partial charge in [0.1, 0.15) is 23.7 Å². The van der Waals surface area contributed by atoms with E-state index in [0.29, 0.717) is 51.7 Å². The van der Waals surface area contributed by atoms with Gasteiger partial charge in [0.25, 0.3) is 5.92 Å². The molecule has 342 valence electrons. The second-order valence-corrected chi connectivity index (χ2v) is 19.3. The summed E-state index contributed by atoms with van der Waals surface area (Å²) in [6, 6.07) is 14.0. The highest BCUT2D eigenvalue weighted by Crippen LogP contribution is 2.53. The number of benzene rings is 3. The molecule has 0 radical (unpaired) electrons. The van der Waals surface area contributed by atoms with Crippen LogP contribution in [0, 0.1) is 23.2 Å². The smallest absolute Gasteiger partial charge is 0.407 e. The highest BCUT2D eigenvalue weighted by molar-refractivity contribution is 5.89. The summed E-state index contributed by atoms with van der Waals surface area (Å²) >= 11 is 0. The van der Waals surface area contributed by atoms with Gasteiger partial charge in [0.05, 0.1) is 49.7 Å². The van der Waals surface area contributed by atoms with Crippen LogP contribution in [0.5, 0.6) is 0 Å². The quantitative estimate of drug-likeness (QED) is 0.0909. The average Bonchev–Trinajstić information content (AvgIpc) is 3.86. The third kappa shape index (κ3) is 8.09. The van der Waals surface area contributed by atoms with Crippen molar-refractivity contribution < 1.29 is 37.4 Å². The molecule has 3 aliphatic carbocycles. The van der Waals surface area contributed by atoms with Crippen molar-refractivity contribution >= 4 is 35.0 Å². The molecule has 14 nitrogen and oxygen atoms in total. The van der Waals surface area contributed by atoms with Crippen LogP contribution in [0.3, 0.4) is 0 Å². The fourth-order valence-corrected chi connectivity index (χ4v) is 10.1. The zero-order chi connectivity index (χ0) is 46.1. The molecule has 2 aromatic heterocycles. The summed E-state index contributed by atoms with van der Waals surface area (Å²) in [5, 5.41) is 5.41. The van der Waals surface area contributed by atoms with Crippen molar-refractivity contribution in [2.75, 3.05) is 20.8 Å². The Labute approximate surface area is 376 Å². The predicted octanol–water partition coefficient (Wildman–Crippen LogP) is 8.68. The second kappa shape index (κ2) is 16.6. The minimum atomic E-state index is -3.29. The maximum absolute atomic E-state index is 16.6. The van der Waals surface area contributed by atoms with Gasteiger partial charge < -0.3 is 39.9 Å². The lowest BCUT2D eigenvalue weighted by molar-refractivity contribution is -0.139. The molecule has 3 heterocycles. The molecule has 4 N–H and O–H groups in total. The molecule has 16 heteroatoms. The number of aromatic amines is 2. The van der Waals surface area contributed by atoms with Gasteiger partial charge in [-0.05, 0) is 102 Å². The van der Waals surface area contributed by atoms with E-state index in [1.54, 1.807) is 35.4 Å². The first-order valence-corrected chi connectivity index (χ1v) is 22.5. The summed E-state index contributed by atoms with van der Waals surface area (Å²) in [5.74, 6) is -2.68. The Morgan fingerprint density at radius 1 is 0.846 bits per heavy atom. The first-order valence-electron chi connectivity index (χ1n) is 22.5. The number of carbonyl (C=O) groups excluding carboxylic acids is 4. The van der Waals surface area contributed by atoms with Crippen molar-refractivity contribution in [2.45, 2.75) is 103 Å². The lowest BCUT2D eigenvalue weighted by atomic mass is 9.95. The van der Waals surface area contributed by atoms with E-state index in [0.717, 1.165) is 43.2 Å². The zero-order valence-corrected chi connectivity index (χ0v) is 37.8. The van der Waals surface area contributed by atoms with Crippen molar-refractivity contribution in [3.8, 4) is 33.5 Å². The fraction of sp³-hybridized carbons (Fsp3) is 0.469. The molecule has 3 aromatic carbocycles. The monoisotopic (exact) mass is 890 g/mol. The van der Waals surface area contributed by atoms with Crippen molar-refractivity contribution in [1.29, 1.82) is 0 Å². The Bertz CT molecular complexity index is 2690. The number of nitrogens with zero attached hydrogens (tertiary/aromatic N) is 4. The van der Waals surface area contributed by atoms with Crippen molar-refractivity contribution in [3.63, 3.8) is 0 Å². The number of nitrogens with one attached hydrogen (secondary N) is 4. The molecule has 1 aliphatic heterocycles. The molecule has 3 fully saturated rings. The number of halogens is 2. The van der Waals surface area contributed by atoms with Crippen LogP contribution in [0.15, 0.2) is 60.8 Å². The molecule has 0 spiro atoms. The van der Waals surface area contributed by atoms with Crippen molar-refractivity contribution in [2.24, 2.45) is 23.2 Å². The Balaban J connectivity index is 0.946. The number of piperidine rings is 1. The largest absolute Gasteiger partial charge is 0.453 e. The molecule has 1 saturated heterocycles. The predicted molar refractivity (Wildman–Crippen MR) is 239 cm³/mol. The Hall–Kier alpha value is -6.32. The first kappa shape index (κ1) is 43.9. The number of hydrogen-bond acceptors (Lipinski definition) is 8. The molecule has 2 saturated carbocycles. The first-order chi connectivity index (χ1) is 31.0. The zero-order valence-electron chi connectivity index (χ0n) is 37.8. The fourth-order valence-electron chi connectivity index (χ4n) is 10.1. The molecule has 65 heavy (non-hydrogen) atoms. The highest BCUT2D eigenvalue weighted by atomic mass is 19.3. The molecule has 5 atom stereocenters. The SMILES string of the molecule is COC(=O)NC(C(=O)N(Cc1ncc(-c2ccc3c(c2)C(F)(F)c2cc(-c4ccc5nc(C6C7CCC(C7)N6C(=O)C(NC(=O)OC)C(C)C)[nH]c5c4)ccc2-3)[nH]1)CC1(C)CC1)C(C)C. The number of methoxy groups -OCH3 is 2. The number of imidazole rings is 2. The van der Waals surface area contributed by atoms with Crippen LogP contribution in [-0.2, 0) is 31.5 Å². The van der Waals surface area contributed by atoms with Crippen LogP contribution in [0.4, 0.5) is 18.4 Å². The molecule has 4 amide bonds. The van der Waals surface area contributed by atoms with Crippen LogP contribution in [0.1, 0.15) is 95.5 Å². The maximum Gasteiger partial charge on any atom is 0.407 e. The summed E-state index contributed by atoms with van der Waals surface area (Å²) in [5.41, 5.74) is 4.55. The van der Waals surface area contributed by atoms with Gasteiger partial charge in [-0.3, -0.25) is 9.59 Å². The normalized spacial score (nSPS) is 20.7. The number of alkyl halides is 2. The molecule has 9 rings (SSSR count). The lowest BCUT2D eigenvalue weighted by Crippen LogP contribution is -2.54. The van der Waals surface area contributed by atoms with E-state index < -0.39 is 30.2 Å². The van der Waals surface area contributed by atoms with E-state index in [1.807, 2.05) is 56.9 Å². The van der Waals surface area contributed by atoms with Crippen LogP contribution in [0.25, 0.3) is 44.5 Å². The number of likely N-dealkylation sites (tertiary alicyclic amines) is 1. The van der Waals surface area contributed by atoms with Crippen molar-refractivity contribution in [3.05, 3.63) is 83.6 Å². The molecule has 4 aliphatic rings. The maximum atomic E-state index is 16.6. The number of ether oxygens (including phenoxy) is 2. The molecular weight excluding hydrogens is 835 g/mol. The van der Waals surface area contributed by atoms with Gasteiger partial charge in [-0.1, -0.05) is 65.0 Å². The minimum absolute atomic E-state index is 0.0289. The van der Waals surface area contributed by atoms with Crippen molar-refractivity contribution in [1.82, 2.24) is 40.4 Å². The third-order valence-corrected chi connectivity index (χ3v) is 14.0. The summed E-state index contributed by atoms with van der Waals surface area (Å²) < 4.78 is 42.9. The minimum Gasteiger partial charge on any atom is -0.453 e. The molecule has 5 aromatic rings. The summed E-state index contributed by atoms with van der Waals surface area (Å²) in [7, 11) is 2.53. The number of rotatable bonds is 13. The molecule has 2 bridgehead atoms. The average molecular weight is 891 g/mol. The number of hydrogen-bond donors (Lipinski definition) is 4. The van der Waals surface area contributed by atoms with Gasteiger partial charge in [0.15, 0.2) is 0 Å². The van der Waals surface area contributed by atoms with Crippen LogP contribution < -0.4 is 10.6 Å². The number of carbonyl (C=O) groups is 4. The van der Waals surface area contributed by atoms with Gasteiger partial charge in [0.2, 0.25) is 11.8 Å². The van der Waals surface area contributed by atoms with E-state index in [-0.39, 0.29) is 64.7 Å². The highest BCUT2D eigenvalue weighted by Gasteiger charge is 2.52. The Kier molecular flexibility index (Phi) is 11.2. The molecular formula is C49H56F2N8O6. The Morgan fingerprint density at radius 2 is 1.46 bits per heavy atom. The van der Waals surface area contributed by atoms with E-state index in [2.05, 4.69) is 32.5 Å². The van der Waals surface area contributed by atoms with Crippen LogP contribution in [-0.4, -0.2) is 92.6 Å². The van der Waals surface area contributed by atoms with Gasteiger partial charge in [-0.15, -0.1) is 0 Å². The van der Waals surface area contributed by atoms with E-state index >= 15 is 8.78 Å². The third-order valence-electron chi connectivity index (χ3n) is 14.0. The standard InChI is InChI=1S/C49H56F2N8O6/c1-25(2)40(56-46(62)64-6)44(60)58(24-48(5)16-17-48)23-39-52-22-38(53-39)29-10-14-33-32-13-9-27(19-34(32)49(50,51)35(33)20-29)28-11-15-36-37(21-28)55-43(54-36)42-30-8-12-31(18-30)59(42)45(61)41(26(3)4)57-47(63)65-7/h9-11,13-15,19-22,25-26,30-31,40-42H,8,12,16-18,23-24H2,1-7H3,(H,52,53)(H,54,55)(H,56,62)(H,57,63). The number of H-pyrrole nitrogens is 2. The summed E-state index contributed by atoms with van der Waals surface area (Å²) in [6.07, 6.45) is 4.93. The summed E-state index contributed by atoms with van der Waals surface area (Å²) in [4.78, 5) is 72.1. The van der Waals surface area contributed by atoms with Crippen LogP contribution in [0.2, 0.25) is 0 Å². The number of aromatic nitrogens is 4. The van der Waals surface area contributed by atoms with Crippen LogP contribution >= 0.6 is 0 Å². The van der Waals surface area contributed by atoms with Gasteiger partial charge in [0, 0.05) is 29.3 Å². The lowest BCUT2D eigenvalue weighted by Gasteiger charge is -2.37. The van der Waals surface area contributed by atoms with Gasteiger partial charge in [-0.2, -0.15) is 8.78 Å². The molecule has 5 unspecified atom stereocenters. The van der Waals surface area contributed by atoms with Gasteiger partial charge in [-0.25, -0.2) is 19.6 Å². The van der Waals surface area contributed by atoms with E-state index in [1.165, 1.54) is 20.3 Å². The Morgan fingerprint density at radius 3 is 2.11 bits per heavy atom. The summed E-state index contributed by atoms with van der Waals surface area (Å²) in [6.45, 7) is 10.2. The number of alkyl carbamates (subject to hydrolysis) is 2. The number of fused-ring (bicyclic) bond motifs is 6. The second-order valence-electron chi connectivity index (χ2n) is 19.3. The van der Waals surface area contributed by atoms with E-state index in [9.17, 15) is 19.2 Å².